The lowest BCUT2D eigenvalue weighted by atomic mass is 10.0. The molecule has 1 saturated heterocycles. The highest BCUT2D eigenvalue weighted by Crippen LogP contribution is 2.25. The van der Waals surface area contributed by atoms with Crippen molar-refractivity contribution >= 4 is 38.3 Å². The van der Waals surface area contributed by atoms with Gasteiger partial charge in [-0.25, -0.2) is 12.7 Å². The van der Waals surface area contributed by atoms with Gasteiger partial charge in [-0.1, -0.05) is 0 Å². The van der Waals surface area contributed by atoms with Crippen LogP contribution < -0.4 is 5.73 Å². The molecule has 0 saturated carbocycles. The van der Waals surface area contributed by atoms with E-state index >= 15 is 0 Å². The van der Waals surface area contributed by atoms with Crippen molar-refractivity contribution < 1.29 is 13.2 Å². The van der Waals surface area contributed by atoms with Crippen LogP contribution in [0.15, 0.2) is 29.3 Å². The molecule has 1 aromatic carbocycles. The van der Waals surface area contributed by atoms with E-state index in [1.165, 1.54) is 18.4 Å². The first kappa shape index (κ1) is 18.1. The third-order valence-corrected chi connectivity index (χ3v) is 6.53. The second-order valence-corrected chi connectivity index (χ2v) is 8.84. The monoisotopic (exact) mass is 382 g/mol. The fourth-order valence-corrected chi connectivity index (χ4v) is 4.23. The van der Waals surface area contributed by atoms with Crippen molar-refractivity contribution in [1.82, 2.24) is 14.2 Å². The van der Waals surface area contributed by atoms with Gasteiger partial charge in [-0.2, -0.15) is 0 Å². The Morgan fingerprint density at radius 1 is 1.48 bits per heavy atom. The van der Waals surface area contributed by atoms with Crippen molar-refractivity contribution in [3.63, 3.8) is 0 Å². The number of nitrogens with two attached hydrogens (primary N) is 1. The average Bonchev–Trinajstić information content (AvgIpc) is 2.97. The standard InChI is InChI=1S/C16H22N4O3S2/c1-19(2)25(21,22)13-3-4-15-14(8-13)11(9-18-15)7-12-10-23-6-5-20(12)16(17)24/h3-4,8-9,12,18H,5-7,10H2,1-2H3,(H2,17,24)/t12-/m0/s1. The molecule has 3 N–H and O–H groups in total. The number of morpholine rings is 1. The molecule has 1 fully saturated rings. The zero-order chi connectivity index (χ0) is 18.2. The summed E-state index contributed by atoms with van der Waals surface area (Å²) < 4.78 is 31.6. The topological polar surface area (TPSA) is 91.7 Å². The molecule has 0 aliphatic carbocycles. The van der Waals surface area contributed by atoms with E-state index in [0.717, 1.165) is 16.5 Å². The summed E-state index contributed by atoms with van der Waals surface area (Å²) in [4.78, 5) is 5.44. The molecule has 3 rings (SSSR count). The lowest BCUT2D eigenvalue weighted by Gasteiger charge is -2.36. The smallest absolute Gasteiger partial charge is 0.242 e. The molecule has 25 heavy (non-hydrogen) atoms. The average molecular weight is 383 g/mol. The normalized spacial score (nSPS) is 18.8. The number of aromatic nitrogens is 1. The van der Waals surface area contributed by atoms with E-state index in [-0.39, 0.29) is 10.9 Å². The lowest BCUT2D eigenvalue weighted by molar-refractivity contribution is 0.0274. The first-order chi connectivity index (χ1) is 11.8. The third kappa shape index (κ3) is 3.50. The molecular weight excluding hydrogens is 360 g/mol. The van der Waals surface area contributed by atoms with Crippen LogP contribution in [-0.4, -0.2) is 67.6 Å². The fraction of sp³-hybridized carbons (Fsp3) is 0.438. The molecule has 2 aromatic rings. The van der Waals surface area contributed by atoms with Crippen molar-refractivity contribution in [2.24, 2.45) is 5.73 Å². The molecule has 1 aromatic heterocycles. The first-order valence-electron chi connectivity index (χ1n) is 7.97. The fourth-order valence-electron chi connectivity index (χ4n) is 3.07. The number of rotatable bonds is 4. The number of thiocarbonyl (C=S) groups is 1. The van der Waals surface area contributed by atoms with Crippen LogP contribution in [0.25, 0.3) is 10.9 Å². The number of fused-ring (bicyclic) bond motifs is 1. The van der Waals surface area contributed by atoms with Crippen LogP contribution in [0.5, 0.6) is 0 Å². The predicted octanol–water partition coefficient (Wildman–Crippen LogP) is 0.905. The number of hydrogen-bond donors (Lipinski definition) is 2. The minimum absolute atomic E-state index is 0.0411. The Kier molecular flexibility index (Phi) is 5.01. The molecule has 0 unspecified atom stereocenters. The molecule has 9 heteroatoms. The molecule has 7 nitrogen and oxygen atoms in total. The number of H-pyrrole nitrogens is 1. The summed E-state index contributed by atoms with van der Waals surface area (Å²) in [6.07, 6.45) is 2.58. The maximum absolute atomic E-state index is 12.4. The van der Waals surface area contributed by atoms with Crippen LogP contribution >= 0.6 is 12.2 Å². The Bertz CT molecular complexity index is 892. The molecular formula is C16H22N4O3S2. The molecule has 1 aliphatic rings. The van der Waals surface area contributed by atoms with Gasteiger partial charge in [0, 0.05) is 37.7 Å². The van der Waals surface area contributed by atoms with E-state index in [9.17, 15) is 8.42 Å². The Labute approximate surface area is 152 Å². The number of ether oxygens (including phenoxy) is 1. The van der Waals surface area contributed by atoms with Gasteiger partial charge in [0.05, 0.1) is 24.2 Å². The van der Waals surface area contributed by atoms with Crippen molar-refractivity contribution in [2.45, 2.75) is 17.4 Å². The molecule has 1 atom stereocenters. The van der Waals surface area contributed by atoms with Crippen molar-refractivity contribution in [2.75, 3.05) is 33.9 Å². The number of sulfonamides is 1. The highest BCUT2D eigenvalue weighted by atomic mass is 32.2. The van der Waals surface area contributed by atoms with Crippen molar-refractivity contribution in [3.8, 4) is 0 Å². The van der Waals surface area contributed by atoms with Gasteiger partial charge < -0.3 is 20.4 Å². The van der Waals surface area contributed by atoms with Crippen LogP contribution in [0.3, 0.4) is 0 Å². The minimum Gasteiger partial charge on any atom is -0.377 e. The highest BCUT2D eigenvalue weighted by molar-refractivity contribution is 7.89. The molecule has 1 aliphatic heterocycles. The quantitative estimate of drug-likeness (QED) is 0.764. The summed E-state index contributed by atoms with van der Waals surface area (Å²) in [7, 11) is -0.427. The third-order valence-electron chi connectivity index (χ3n) is 4.48. The molecule has 0 spiro atoms. The number of benzene rings is 1. The van der Waals surface area contributed by atoms with Crippen molar-refractivity contribution in [1.29, 1.82) is 0 Å². The number of hydrogen-bond acceptors (Lipinski definition) is 4. The van der Waals surface area contributed by atoms with E-state index in [0.29, 0.717) is 31.3 Å². The van der Waals surface area contributed by atoms with Gasteiger partial charge in [0.25, 0.3) is 0 Å². The first-order valence-corrected chi connectivity index (χ1v) is 9.82. The summed E-state index contributed by atoms with van der Waals surface area (Å²) in [5.74, 6) is 0. The maximum Gasteiger partial charge on any atom is 0.242 e. The zero-order valence-electron chi connectivity index (χ0n) is 14.2. The summed E-state index contributed by atoms with van der Waals surface area (Å²) in [5.41, 5.74) is 7.73. The van der Waals surface area contributed by atoms with Gasteiger partial charge >= 0.3 is 0 Å². The Balaban J connectivity index is 1.96. The highest BCUT2D eigenvalue weighted by Gasteiger charge is 2.25. The van der Waals surface area contributed by atoms with E-state index in [4.69, 9.17) is 22.7 Å². The molecule has 0 amide bonds. The summed E-state index contributed by atoms with van der Waals surface area (Å²) in [5, 5.41) is 1.25. The van der Waals surface area contributed by atoms with Gasteiger partial charge in [-0.15, -0.1) is 0 Å². The maximum atomic E-state index is 12.4. The molecule has 2 heterocycles. The van der Waals surface area contributed by atoms with Crippen LogP contribution in [0, 0.1) is 0 Å². The summed E-state index contributed by atoms with van der Waals surface area (Å²) in [6.45, 7) is 1.81. The SMILES string of the molecule is CN(C)S(=O)(=O)c1ccc2[nH]cc(C[C@H]3COCCN3C(N)=S)c2c1. The van der Waals surface area contributed by atoms with Crippen LogP contribution in [0.1, 0.15) is 5.56 Å². The molecule has 0 bridgehead atoms. The predicted molar refractivity (Wildman–Crippen MR) is 101 cm³/mol. The number of nitrogens with zero attached hydrogens (tertiary/aromatic N) is 2. The van der Waals surface area contributed by atoms with E-state index < -0.39 is 10.0 Å². The van der Waals surface area contributed by atoms with Gasteiger partial charge in [0.15, 0.2) is 5.11 Å². The number of nitrogens with one attached hydrogen (secondary N) is 1. The Hall–Kier alpha value is -1.68. The number of aromatic amines is 1. The van der Waals surface area contributed by atoms with Gasteiger partial charge in [-0.3, -0.25) is 0 Å². The Morgan fingerprint density at radius 3 is 2.92 bits per heavy atom. The van der Waals surface area contributed by atoms with Crippen LogP contribution in [0.4, 0.5) is 0 Å². The largest absolute Gasteiger partial charge is 0.377 e. The van der Waals surface area contributed by atoms with Crippen LogP contribution in [-0.2, 0) is 21.2 Å². The Morgan fingerprint density at radius 2 is 2.24 bits per heavy atom. The summed E-state index contributed by atoms with van der Waals surface area (Å²) in [6, 6.07) is 5.16. The zero-order valence-corrected chi connectivity index (χ0v) is 15.9. The van der Waals surface area contributed by atoms with Gasteiger partial charge in [0.1, 0.15) is 0 Å². The van der Waals surface area contributed by atoms with Gasteiger partial charge in [0.2, 0.25) is 10.0 Å². The second-order valence-electron chi connectivity index (χ2n) is 6.27. The minimum atomic E-state index is -3.48. The van der Waals surface area contributed by atoms with E-state index in [2.05, 4.69) is 4.98 Å². The second kappa shape index (κ2) is 6.91. The summed E-state index contributed by atoms with van der Waals surface area (Å²) >= 11 is 5.14. The lowest BCUT2D eigenvalue weighted by Crippen LogP contribution is -2.51. The van der Waals surface area contributed by atoms with Crippen molar-refractivity contribution in [3.05, 3.63) is 30.0 Å². The molecule has 0 radical (unpaired) electrons. The van der Waals surface area contributed by atoms with E-state index in [1.807, 2.05) is 11.1 Å². The molecule has 136 valence electrons. The van der Waals surface area contributed by atoms with E-state index in [1.54, 1.807) is 18.2 Å². The van der Waals surface area contributed by atoms with Gasteiger partial charge in [-0.05, 0) is 42.4 Å². The van der Waals surface area contributed by atoms with Crippen LogP contribution in [0.2, 0.25) is 0 Å².